The van der Waals surface area contributed by atoms with Crippen LogP contribution in [0.4, 0.5) is 0 Å². The summed E-state index contributed by atoms with van der Waals surface area (Å²) in [7, 11) is 0. The number of carbonyl (C=O) groups is 1. The lowest BCUT2D eigenvalue weighted by Gasteiger charge is -1.93. The standard InChI is InChI=1S/C3H3N5OS/c4-8-7-1-2(9)6-3(10)5-1/h1H,(H2,5,6,9,10). The Hall–Kier alpha value is -1.33. The summed E-state index contributed by atoms with van der Waals surface area (Å²) in [4.78, 5) is 13.1. The molecule has 10 heavy (non-hydrogen) atoms. The van der Waals surface area contributed by atoms with Crippen LogP contribution in [0.25, 0.3) is 10.4 Å². The van der Waals surface area contributed by atoms with Gasteiger partial charge in [0.2, 0.25) is 0 Å². The number of amides is 1. The van der Waals surface area contributed by atoms with Crippen molar-refractivity contribution < 1.29 is 4.79 Å². The predicted octanol–water partition coefficient (Wildman–Crippen LogP) is -0.373. The molecule has 0 bridgehead atoms. The lowest BCUT2D eigenvalue weighted by Crippen LogP contribution is -2.25. The predicted molar refractivity (Wildman–Crippen MR) is 36.8 cm³/mol. The second-order valence-corrected chi connectivity index (χ2v) is 1.98. The summed E-state index contributed by atoms with van der Waals surface area (Å²) in [5.41, 5.74) is 7.93. The smallest absolute Gasteiger partial charge is 0.254 e. The van der Waals surface area contributed by atoms with Gasteiger partial charge < -0.3 is 10.6 Å². The molecule has 2 N–H and O–H groups in total. The molecule has 7 heteroatoms. The Morgan fingerprint density at radius 2 is 2.50 bits per heavy atom. The lowest BCUT2D eigenvalue weighted by atomic mass is 10.5. The summed E-state index contributed by atoms with van der Waals surface area (Å²) < 4.78 is 0. The van der Waals surface area contributed by atoms with Crippen LogP contribution in [0.3, 0.4) is 0 Å². The number of nitrogens with one attached hydrogen (secondary N) is 2. The minimum absolute atomic E-state index is 0.197. The van der Waals surface area contributed by atoms with Crippen molar-refractivity contribution in [2.75, 3.05) is 0 Å². The van der Waals surface area contributed by atoms with Crippen LogP contribution in [0.1, 0.15) is 0 Å². The van der Waals surface area contributed by atoms with Gasteiger partial charge in [-0.1, -0.05) is 5.11 Å². The molecule has 0 radical (unpaired) electrons. The average molecular weight is 157 g/mol. The number of thiocarbonyl (C=S) groups is 1. The summed E-state index contributed by atoms with van der Waals surface area (Å²) in [6.45, 7) is 0. The number of hydrogen-bond acceptors (Lipinski definition) is 3. The van der Waals surface area contributed by atoms with Gasteiger partial charge in [-0.15, -0.1) is 0 Å². The average Bonchev–Trinajstić information content (AvgIpc) is 2.13. The molecule has 0 aliphatic carbocycles. The van der Waals surface area contributed by atoms with Crippen molar-refractivity contribution in [3.05, 3.63) is 10.4 Å². The maximum atomic E-state index is 10.6. The zero-order chi connectivity index (χ0) is 7.56. The van der Waals surface area contributed by atoms with E-state index in [9.17, 15) is 4.79 Å². The first-order chi connectivity index (χ1) is 4.74. The molecule has 1 aliphatic heterocycles. The molecule has 1 saturated heterocycles. The van der Waals surface area contributed by atoms with Crippen LogP contribution in [0.5, 0.6) is 0 Å². The molecule has 1 unspecified atom stereocenters. The summed E-state index contributed by atoms with van der Waals surface area (Å²) in [6.07, 6.45) is -0.877. The molecule has 0 aromatic rings. The molecule has 0 aromatic heterocycles. The van der Waals surface area contributed by atoms with E-state index in [1.54, 1.807) is 0 Å². The monoisotopic (exact) mass is 157 g/mol. The quantitative estimate of drug-likeness (QED) is 0.235. The number of nitrogens with zero attached hydrogens (tertiary/aromatic N) is 3. The first-order valence-corrected chi connectivity index (χ1v) is 2.80. The Balaban J connectivity index is 2.72. The van der Waals surface area contributed by atoms with E-state index in [1.165, 1.54) is 0 Å². The van der Waals surface area contributed by atoms with Gasteiger partial charge in [-0.05, 0) is 17.7 Å². The molecule has 1 atom stereocenters. The van der Waals surface area contributed by atoms with Gasteiger partial charge >= 0.3 is 0 Å². The van der Waals surface area contributed by atoms with E-state index < -0.39 is 12.1 Å². The largest absolute Gasteiger partial charge is 0.346 e. The Labute approximate surface area is 61.2 Å². The van der Waals surface area contributed by atoms with E-state index in [0.717, 1.165) is 0 Å². The number of carbonyl (C=O) groups excluding carboxylic acids is 1. The SMILES string of the molecule is [N-]=[N+]=NC1NC(=S)NC1=O. The highest BCUT2D eigenvalue weighted by Crippen LogP contribution is 1.93. The Morgan fingerprint density at radius 1 is 1.80 bits per heavy atom. The van der Waals surface area contributed by atoms with E-state index >= 15 is 0 Å². The third-order valence-corrected chi connectivity index (χ3v) is 1.14. The van der Waals surface area contributed by atoms with Crippen molar-refractivity contribution in [3.63, 3.8) is 0 Å². The van der Waals surface area contributed by atoms with Crippen molar-refractivity contribution in [1.82, 2.24) is 10.6 Å². The van der Waals surface area contributed by atoms with Gasteiger partial charge in [-0.25, -0.2) is 0 Å². The third-order valence-electron chi connectivity index (χ3n) is 0.920. The summed E-state index contributed by atoms with van der Waals surface area (Å²) in [6, 6.07) is 0. The van der Waals surface area contributed by atoms with Crippen LogP contribution < -0.4 is 10.6 Å². The molecule has 0 saturated carbocycles. The minimum atomic E-state index is -0.877. The summed E-state index contributed by atoms with van der Waals surface area (Å²) in [5.74, 6) is -0.414. The van der Waals surface area contributed by atoms with Crippen LogP contribution in [0, 0.1) is 0 Å². The normalized spacial score (nSPS) is 23.0. The molecule has 1 fully saturated rings. The molecule has 0 aromatic carbocycles. The first-order valence-electron chi connectivity index (χ1n) is 2.39. The van der Waals surface area contributed by atoms with Gasteiger partial charge in [0.1, 0.15) is 0 Å². The van der Waals surface area contributed by atoms with E-state index in [0.29, 0.717) is 0 Å². The topological polar surface area (TPSA) is 89.9 Å². The second kappa shape index (κ2) is 2.51. The highest BCUT2D eigenvalue weighted by Gasteiger charge is 2.25. The van der Waals surface area contributed by atoms with Crippen LogP contribution in [0.15, 0.2) is 5.11 Å². The molecule has 1 heterocycles. The van der Waals surface area contributed by atoms with Gasteiger partial charge in [0.05, 0.1) is 0 Å². The van der Waals surface area contributed by atoms with Crippen LogP contribution >= 0.6 is 12.2 Å². The van der Waals surface area contributed by atoms with Gasteiger partial charge in [0, 0.05) is 4.91 Å². The van der Waals surface area contributed by atoms with Gasteiger partial charge in [-0.3, -0.25) is 4.79 Å². The van der Waals surface area contributed by atoms with Crippen molar-refractivity contribution in [2.45, 2.75) is 6.17 Å². The highest BCUT2D eigenvalue weighted by molar-refractivity contribution is 7.80. The van der Waals surface area contributed by atoms with Crippen LogP contribution in [-0.4, -0.2) is 17.2 Å². The summed E-state index contributed by atoms with van der Waals surface area (Å²) >= 11 is 4.56. The Morgan fingerprint density at radius 3 is 2.90 bits per heavy atom. The third kappa shape index (κ3) is 1.15. The van der Waals surface area contributed by atoms with Gasteiger partial charge in [0.15, 0.2) is 11.3 Å². The second-order valence-electron chi connectivity index (χ2n) is 1.57. The van der Waals surface area contributed by atoms with Crippen LogP contribution in [-0.2, 0) is 4.79 Å². The minimum Gasteiger partial charge on any atom is -0.346 e. The molecular weight excluding hydrogens is 154 g/mol. The maximum absolute atomic E-state index is 10.6. The first kappa shape index (κ1) is 6.79. The molecule has 1 rings (SSSR count). The fourth-order valence-corrected chi connectivity index (χ4v) is 0.751. The Bertz CT molecular complexity index is 231. The van der Waals surface area contributed by atoms with Crippen LogP contribution in [0.2, 0.25) is 0 Å². The highest BCUT2D eigenvalue weighted by atomic mass is 32.1. The molecule has 1 aliphatic rings. The number of hydrogen-bond donors (Lipinski definition) is 2. The van der Waals surface area contributed by atoms with Gasteiger partial charge in [0.25, 0.3) is 5.91 Å². The van der Waals surface area contributed by atoms with Crippen molar-refractivity contribution in [3.8, 4) is 0 Å². The Kier molecular flexibility index (Phi) is 1.70. The molecule has 52 valence electrons. The van der Waals surface area contributed by atoms with E-state index in [2.05, 4.69) is 32.9 Å². The van der Waals surface area contributed by atoms with Crippen molar-refractivity contribution in [1.29, 1.82) is 0 Å². The lowest BCUT2D eigenvalue weighted by molar-refractivity contribution is -0.119. The molecular formula is C3H3N5OS. The van der Waals surface area contributed by atoms with E-state index in [1.807, 2.05) is 0 Å². The zero-order valence-corrected chi connectivity index (χ0v) is 5.55. The maximum Gasteiger partial charge on any atom is 0.254 e. The van der Waals surface area contributed by atoms with E-state index in [4.69, 9.17) is 5.53 Å². The van der Waals surface area contributed by atoms with Gasteiger partial charge in [-0.2, -0.15) is 0 Å². The molecule has 6 nitrogen and oxygen atoms in total. The molecule has 0 spiro atoms. The van der Waals surface area contributed by atoms with Crippen molar-refractivity contribution in [2.24, 2.45) is 5.11 Å². The van der Waals surface area contributed by atoms with E-state index in [-0.39, 0.29) is 5.11 Å². The zero-order valence-electron chi connectivity index (χ0n) is 4.74. The number of rotatable bonds is 1. The van der Waals surface area contributed by atoms with Crippen molar-refractivity contribution >= 4 is 23.2 Å². The summed E-state index contributed by atoms with van der Waals surface area (Å²) in [5, 5.41) is 8.04. The number of azide groups is 1. The fraction of sp³-hybridized carbons (Fsp3) is 0.333. The molecule has 1 amide bonds. The fourth-order valence-electron chi connectivity index (χ4n) is 0.539.